The molecule has 6 heteroatoms. The van der Waals surface area contributed by atoms with E-state index in [1.165, 1.54) is 0 Å². The second-order valence-corrected chi connectivity index (χ2v) is 5.03. The highest BCUT2D eigenvalue weighted by molar-refractivity contribution is 9.10. The van der Waals surface area contributed by atoms with E-state index < -0.39 is 0 Å². The average molecular weight is 297 g/mol. The quantitative estimate of drug-likeness (QED) is 0.922. The smallest absolute Gasteiger partial charge is 0.243 e. The lowest BCUT2D eigenvalue weighted by atomic mass is 10.2. The molecular formula is C11H13BrN4O. The van der Waals surface area contributed by atoms with Gasteiger partial charge in [0.2, 0.25) is 5.95 Å². The van der Waals surface area contributed by atoms with E-state index in [1.54, 1.807) is 4.52 Å². The van der Waals surface area contributed by atoms with Gasteiger partial charge in [-0.2, -0.15) is 4.98 Å². The van der Waals surface area contributed by atoms with Crippen molar-refractivity contribution < 1.29 is 4.74 Å². The van der Waals surface area contributed by atoms with Crippen LogP contribution in [0, 0.1) is 0 Å². The minimum atomic E-state index is 0.213. The summed E-state index contributed by atoms with van der Waals surface area (Å²) < 4.78 is 8.20. The standard InChI is InChI=1S/C11H13BrN4O/c1-7-9(4-6-17-7)13-11-14-10-8(12)3-2-5-16(10)15-11/h2-3,5,7,9H,4,6H2,1H3,(H,13,15). The molecule has 0 amide bonds. The van der Waals surface area contributed by atoms with Crippen LogP contribution in [0.2, 0.25) is 0 Å². The van der Waals surface area contributed by atoms with Crippen molar-refractivity contribution in [3.05, 3.63) is 22.8 Å². The molecule has 0 bridgehead atoms. The first-order chi connectivity index (χ1) is 8.24. The Morgan fingerprint density at radius 1 is 1.59 bits per heavy atom. The van der Waals surface area contributed by atoms with E-state index in [2.05, 4.69) is 38.3 Å². The largest absolute Gasteiger partial charge is 0.376 e. The molecule has 5 nitrogen and oxygen atoms in total. The molecule has 2 atom stereocenters. The second-order valence-electron chi connectivity index (χ2n) is 4.18. The van der Waals surface area contributed by atoms with E-state index in [1.807, 2.05) is 18.3 Å². The van der Waals surface area contributed by atoms with E-state index in [4.69, 9.17) is 4.74 Å². The van der Waals surface area contributed by atoms with E-state index in [0.29, 0.717) is 12.0 Å². The van der Waals surface area contributed by atoms with E-state index in [9.17, 15) is 0 Å². The first-order valence-electron chi connectivity index (χ1n) is 5.63. The molecule has 1 fully saturated rings. The molecule has 90 valence electrons. The number of anilines is 1. The number of nitrogens with zero attached hydrogens (tertiary/aromatic N) is 3. The van der Waals surface area contributed by atoms with Gasteiger partial charge in [0.05, 0.1) is 16.6 Å². The van der Waals surface area contributed by atoms with Crippen LogP contribution < -0.4 is 5.32 Å². The Kier molecular flexibility index (Phi) is 2.76. The molecule has 1 N–H and O–H groups in total. The van der Waals surface area contributed by atoms with Crippen molar-refractivity contribution in [3.8, 4) is 0 Å². The summed E-state index contributed by atoms with van der Waals surface area (Å²) in [4.78, 5) is 4.45. The van der Waals surface area contributed by atoms with Crippen LogP contribution in [0.15, 0.2) is 22.8 Å². The fraction of sp³-hybridized carbons (Fsp3) is 0.455. The monoisotopic (exact) mass is 296 g/mol. The van der Waals surface area contributed by atoms with Gasteiger partial charge < -0.3 is 10.1 Å². The number of rotatable bonds is 2. The molecule has 0 aliphatic carbocycles. The summed E-state index contributed by atoms with van der Waals surface area (Å²) in [6.07, 6.45) is 3.09. The zero-order valence-corrected chi connectivity index (χ0v) is 11.0. The Morgan fingerprint density at radius 3 is 3.18 bits per heavy atom. The van der Waals surface area contributed by atoms with Gasteiger partial charge in [0, 0.05) is 12.8 Å². The van der Waals surface area contributed by atoms with Crippen LogP contribution >= 0.6 is 15.9 Å². The number of hydrogen-bond donors (Lipinski definition) is 1. The lowest BCUT2D eigenvalue weighted by Gasteiger charge is -2.13. The SMILES string of the molecule is CC1OCCC1Nc1nc2c(Br)cccn2n1. The molecule has 0 radical (unpaired) electrons. The third kappa shape index (κ3) is 2.02. The van der Waals surface area contributed by atoms with Crippen LogP contribution in [0.25, 0.3) is 5.65 Å². The predicted octanol–water partition coefficient (Wildman–Crippen LogP) is 2.08. The van der Waals surface area contributed by atoms with E-state index in [0.717, 1.165) is 23.1 Å². The average Bonchev–Trinajstić information content (AvgIpc) is 2.87. The van der Waals surface area contributed by atoms with Gasteiger partial charge in [-0.1, -0.05) is 0 Å². The van der Waals surface area contributed by atoms with Gasteiger partial charge in [0.25, 0.3) is 0 Å². The molecule has 1 aliphatic rings. The molecule has 3 heterocycles. The van der Waals surface area contributed by atoms with Crippen LogP contribution in [-0.2, 0) is 4.74 Å². The highest BCUT2D eigenvalue weighted by Crippen LogP contribution is 2.20. The Balaban J connectivity index is 1.88. The van der Waals surface area contributed by atoms with Crippen molar-refractivity contribution in [3.63, 3.8) is 0 Å². The zero-order chi connectivity index (χ0) is 11.8. The van der Waals surface area contributed by atoms with Crippen LogP contribution in [-0.4, -0.2) is 33.4 Å². The Morgan fingerprint density at radius 2 is 2.47 bits per heavy atom. The van der Waals surface area contributed by atoms with Gasteiger partial charge in [0.1, 0.15) is 0 Å². The lowest BCUT2D eigenvalue weighted by molar-refractivity contribution is 0.121. The molecule has 0 aromatic carbocycles. The van der Waals surface area contributed by atoms with Gasteiger partial charge in [0.15, 0.2) is 5.65 Å². The Labute approximate surface area is 107 Å². The minimum absolute atomic E-state index is 0.213. The number of fused-ring (bicyclic) bond motifs is 1. The van der Waals surface area contributed by atoms with Gasteiger partial charge >= 0.3 is 0 Å². The fourth-order valence-corrected chi connectivity index (χ4v) is 2.44. The molecule has 3 rings (SSSR count). The molecule has 0 spiro atoms. The van der Waals surface area contributed by atoms with Crippen molar-refractivity contribution >= 4 is 27.5 Å². The number of ether oxygens (including phenoxy) is 1. The number of nitrogens with one attached hydrogen (secondary N) is 1. The van der Waals surface area contributed by atoms with E-state index >= 15 is 0 Å². The molecular weight excluding hydrogens is 284 g/mol. The summed E-state index contributed by atoms with van der Waals surface area (Å²) in [6, 6.07) is 4.18. The Hall–Kier alpha value is -1.14. The molecule has 17 heavy (non-hydrogen) atoms. The summed E-state index contributed by atoms with van der Waals surface area (Å²) in [5.41, 5.74) is 0.821. The maximum absolute atomic E-state index is 5.50. The maximum atomic E-state index is 5.50. The summed E-state index contributed by atoms with van der Waals surface area (Å²) in [6.45, 7) is 2.87. The number of aromatic nitrogens is 3. The maximum Gasteiger partial charge on any atom is 0.243 e. The van der Waals surface area contributed by atoms with E-state index in [-0.39, 0.29) is 6.10 Å². The van der Waals surface area contributed by atoms with Crippen LogP contribution in [0.3, 0.4) is 0 Å². The Bertz CT molecular complexity index is 541. The van der Waals surface area contributed by atoms with Gasteiger partial charge in [-0.15, -0.1) is 5.10 Å². The molecule has 2 aromatic heterocycles. The summed E-state index contributed by atoms with van der Waals surface area (Å²) >= 11 is 3.46. The highest BCUT2D eigenvalue weighted by Gasteiger charge is 2.25. The molecule has 2 unspecified atom stereocenters. The van der Waals surface area contributed by atoms with Crippen LogP contribution in [0.5, 0.6) is 0 Å². The van der Waals surface area contributed by atoms with Gasteiger partial charge in [-0.25, -0.2) is 4.52 Å². The first kappa shape index (κ1) is 11.0. The summed E-state index contributed by atoms with van der Waals surface area (Å²) in [7, 11) is 0. The topological polar surface area (TPSA) is 51.5 Å². The minimum Gasteiger partial charge on any atom is -0.376 e. The van der Waals surface area contributed by atoms with Crippen LogP contribution in [0.4, 0.5) is 5.95 Å². The molecule has 0 saturated carbocycles. The molecule has 1 saturated heterocycles. The van der Waals surface area contributed by atoms with Crippen molar-refractivity contribution in [2.45, 2.75) is 25.5 Å². The number of hydrogen-bond acceptors (Lipinski definition) is 4. The van der Waals surface area contributed by atoms with Crippen molar-refractivity contribution in [1.29, 1.82) is 0 Å². The third-order valence-electron chi connectivity index (χ3n) is 3.01. The normalized spacial score (nSPS) is 24.4. The zero-order valence-electron chi connectivity index (χ0n) is 9.43. The number of pyridine rings is 1. The summed E-state index contributed by atoms with van der Waals surface area (Å²) in [5, 5.41) is 7.70. The highest BCUT2D eigenvalue weighted by atomic mass is 79.9. The van der Waals surface area contributed by atoms with Gasteiger partial charge in [-0.3, -0.25) is 0 Å². The second kappa shape index (κ2) is 4.27. The van der Waals surface area contributed by atoms with Crippen LogP contribution in [0.1, 0.15) is 13.3 Å². The molecule has 2 aromatic rings. The molecule has 1 aliphatic heterocycles. The predicted molar refractivity (Wildman–Crippen MR) is 68.1 cm³/mol. The first-order valence-corrected chi connectivity index (χ1v) is 6.42. The van der Waals surface area contributed by atoms with Gasteiger partial charge in [-0.05, 0) is 41.4 Å². The van der Waals surface area contributed by atoms with Crippen molar-refractivity contribution in [2.75, 3.05) is 11.9 Å². The fourth-order valence-electron chi connectivity index (χ4n) is 2.02. The van der Waals surface area contributed by atoms with Crippen molar-refractivity contribution in [1.82, 2.24) is 14.6 Å². The lowest BCUT2D eigenvalue weighted by Crippen LogP contribution is -2.27. The number of halogens is 1. The summed E-state index contributed by atoms with van der Waals surface area (Å²) in [5.74, 6) is 0.652. The van der Waals surface area contributed by atoms with Crippen molar-refractivity contribution in [2.24, 2.45) is 0 Å². The third-order valence-corrected chi connectivity index (χ3v) is 3.62.